The van der Waals surface area contributed by atoms with E-state index in [0.29, 0.717) is 11.5 Å². The second kappa shape index (κ2) is 4.32. The highest BCUT2D eigenvalue weighted by Gasteiger charge is 2.20. The lowest BCUT2D eigenvalue weighted by Gasteiger charge is -2.16. The highest BCUT2D eigenvalue weighted by molar-refractivity contribution is 5.76. The van der Waals surface area contributed by atoms with E-state index in [0.717, 1.165) is 5.56 Å². The van der Waals surface area contributed by atoms with Crippen LogP contribution in [0.15, 0.2) is 40.9 Å². The predicted molar refractivity (Wildman–Crippen MR) is 65.3 cm³/mol. The van der Waals surface area contributed by atoms with Crippen LogP contribution < -0.4 is 0 Å². The predicted octanol–water partition coefficient (Wildman–Crippen LogP) is 3.27. The monoisotopic (exact) mass is 210 g/mol. The lowest BCUT2D eigenvalue weighted by atomic mass is 9.92. The smallest absolute Gasteiger partial charge is 0.0991 e. The Bertz CT molecular complexity index is 472. The second-order valence-corrected chi connectivity index (χ2v) is 4.26. The van der Waals surface area contributed by atoms with Gasteiger partial charge in [0.15, 0.2) is 0 Å². The number of benzene rings is 1. The molecule has 2 nitrogen and oxygen atoms in total. The molecule has 1 aliphatic heterocycles. The molecule has 0 radical (unpaired) electrons. The van der Waals surface area contributed by atoms with Crippen molar-refractivity contribution >= 4 is 6.21 Å². The Labute approximate surface area is 95.9 Å². The molecule has 0 bridgehead atoms. The fourth-order valence-corrected chi connectivity index (χ4v) is 1.92. The second-order valence-electron chi connectivity index (χ2n) is 4.26. The molecule has 0 amide bonds. The number of nitriles is 1. The maximum atomic E-state index is 8.74. The van der Waals surface area contributed by atoms with Gasteiger partial charge in [-0.2, -0.15) is 5.26 Å². The molecule has 0 aromatic heterocycles. The topological polar surface area (TPSA) is 36.1 Å². The fraction of sp³-hybridized carbons (Fsp3) is 0.286. The van der Waals surface area contributed by atoms with Gasteiger partial charge >= 0.3 is 0 Å². The number of nitrogens with zero attached hydrogens (tertiary/aromatic N) is 2. The Morgan fingerprint density at radius 1 is 1.25 bits per heavy atom. The first-order valence-corrected chi connectivity index (χ1v) is 5.45. The summed E-state index contributed by atoms with van der Waals surface area (Å²) in [6.07, 6.45) is 3.96. The number of hydrogen-bond donors (Lipinski definition) is 0. The van der Waals surface area contributed by atoms with Crippen LogP contribution in [0.1, 0.15) is 31.0 Å². The van der Waals surface area contributed by atoms with E-state index in [-0.39, 0.29) is 6.04 Å². The van der Waals surface area contributed by atoms with Crippen LogP contribution >= 0.6 is 0 Å². The van der Waals surface area contributed by atoms with E-state index in [1.807, 2.05) is 30.5 Å². The van der Waals surface area contributed by atoms with Crippen molar-refractivity contribution in [2.24, 2.45) is 10.9 Å². The number of allylic oxidation sites excluding steroid dienone is 1. The maximum Gasteiger partial charge on any atom is 0.0991 e. The third-order valence-corrected chi connectivity index (χ3v) is 2.84. The Morgan fingerprint density at radius 3 is 2.50 bits per heavy atom. The van der Waals surface area contributed by atoms with Gasteiger partial charge in [-0.3, -0.25) is 4.99 Å². The summed E-state index contributed by atoms with van der Waals surface area (Å²) in [5.41, 5.74) is 3.19. The van der Waals surface area contributed by atoms with Crippen LogP contribution in [0.3, 0.4) is 0 Å². The minimum Gasteiger partial charge on any atom is -0.281 e. The van der Waals surface area contributed by atoms with Gasteiger partial charge in [-0.05, 0) is 35.3 Å². The van der Waals surface area contributed by atoms with Crippen molar-refractivity contribution in [3.8, 4) is 6.07 Å². The largest absolute Gasteiger partial charge is 0.281 e. The summed E-state index contributed by atoms with van der Waals surface area (Å²) >= 11 is 0. The molecule has 0 spiro atoms. The molecule has 0 aliphatic carbocycles. The van der Waals surface area contributed by atoms with Crippen LogP contribution in [0.4, 0.5) is 0 Å². The van der Waals surface area contributed by atoms with Crippen LogP contribution in [-0.4, -0.2) is 6.21 Å². The van der Waals surface area contributed by atoms with Crippen LogP contribution in [0.5, 0.6) is 0 Å². The van der Waals surface area contributed by atoms with Gasteiger partial charge in [0, 0.05) is 6.21 Å². The van der Waals surface area contributed by atoms with Crippen molar-refractivity contribution in [3.05, 3.63) is 47.0 Å². The first kappa shape index (κ1) is 10.6. The first-order valence-electron chi connectivity index (χ1n) is 5.45. The van der Waals surface area contributed by atoms with E-state index in [1.54, 1.807) is 0 Å². The van der Waals surface area contributed by atoms with Crippen molar-refractivity contribution in [2.45, 2.75) is 19.9 Å². The third kappa shape index (κ3) is 1.90. The van der Waals surface area contributed by atoms with Crippen LogP contribution in [0.25, 0.3) is 0 Å². The Hall–Kier alpha value is -1.88. The summed E-state index contributed by atoms with van der Waals surface area (Å²) in [7, 11) is 0. The summed E-state index contributed by atoms with van der Waals surface area (Å²) in [4.78, 5) is 4.46. The molecule has 2 rings (SSSR count). The molecule has 0 N–H and O–H groups in total. The van der Waals surface area contributed by atoms with Crippen molar-refractivity contribution in [1.29, 1.82) is 5.26 Å². The standard InChI is InChI=1S/C14H14N2/c1-10(2)13-7-8-16-14(13)12-5-3-11(9-15)4-6-12/h3-8,10,14H,1-2H3. The zero-order valence-electron chi connectivity index (χ0n) is 9.51. The molecule has 0 fully saturated rings. The van der Waals surface area contributed by atoms with Crippen LogP contribution in [-0.2, 0) is 0 Å². The molecule has 1 aliphatic rings. The number of aliphatic imine (C=N–C) groups is 1. The van der Waals surface area contributed by atoms with Gasteiger partial charge in [-0.1, -0.05) is 26.0 Å². The normalized spacial score (nSPS) is 18.6. The molecule has 1 unspecified atom stereocenters. The number of rotatable bonds is 2. The molecular formula is C14H14N2. The summed E-state index contributed by atoms with van der Waals surface area (Å²) < 4.78 is 0. The lowest BCUT2D eigenvalue weighted by molar-refractivity contribution is 0.680. The van der Waals surface area contributed by atoms with Gasteiger partial charge in [-0.25, -0.2) is 0 Å². The molecule has 0 saturated carbocycles. The van der Waals surface area contributed by atoms with Crippen LogP contribution in [0.2, 0.25) is 0 Å². The Balaban J connectivity index is 2.28. The average molecular weight is 210 g/mol. The zero-order valence-corrected chi connectivity index (χ0v) is 9.51. The molecular weight excluding hydrogens is 196 g/mol. The average Bonchev–Trinajstić information content (AvgIpc) is 2.78. The first-order chi connectivity index (χ1) is 7.72. The quantitative estimate of drug-likeness (QED) is 0.738. The zero-order chi connectivity index (χ0) is 11.5. The molecule has 1 atom stereocenters. The van der Waals surface area contributed by atoms with Gasteiger partial charge in [0.1, 0.15) is 0 Å². The lowest BCUT2D eigenvalue weighted by Crippen LogP contribution is -2.02. The Kier molecular flexibility index (Phi) is 2.87. The SMILES string of the molecule is CC(C)C1=CC=NC1c1ccc(C#N)cc1. The summed E-state index contributed by atoms with van der Waals surface area (Å²) in [5.74, 6) is 0.503. The van der Waals surface area contributed by atoms with Gasteiger partial charge in [0.05, 0.1) is 17.7 Å². The molecule has 0 saturated heterocycles. The molecule has 16 heavy (non-hydrogen) atoms. The summed E-state index contributed by atoms with van der Waals surface area (Å²) in [5, 5.41) is 8.74. The van der Waals surface area contributed by atoms with E-state index in [4.69, 9.17) is 5.26 Å². The fourth-order valence-electron chi connectivity index (χ4n) is 1.92. The van der Waals surface area contributed by atoms with Gasteiger partial charge in [0.25, 0.3) is 0 Å². The highest BCUT2D eigenvalue weighted by atomic mass is 14.8. The van der Waals surface area contributed by atoms with E-state index in [1.165, 1.54) is 5.57 Å². The van der Waals surface area contributed by atoms with Crippen molar-refractivity contribution in [2.75, 3.05) is 0 Å². The van der Waals surface area contributed by atoms with Crippen molar-refractivity contribution in [3.63, 3.8) is 0 Å². The third-order valence-electron chi connectivity index (χ3n) is 2.84. The minimum absolute atomic E-state index is 0.146. The maximum absolute atomic E-state index is 8.74. The molecule has 80 valence electrons. The number of hydrogen-bond acceptors (Lipinski definition) is 2. The summed E-state index contributed by atoms with van der Waals surface area (Å²) in [6.45, 7) is 4.36. The molecule has 1 aromatic carbocycles. The molecule has 2 heteroatoms. The van der Waals surface area contributed by atoms with Gasteiger partial charge in [0.2, 0.25) is 0 Å². The van der Waals surface area contributed by atoms with E-state index in [9.17, 15) is 0 Å². The van der Waals surface area contributed by atoms with E-state index >= 15 is 0 Å². The summed E-state index contributed by atoms with van der Waals surface area (Å²) in [6, 6.07) is 9.94. The van der Waals surface area contributed by atoms with Crippen LogP contribution in [0, 0.1) is 17.2 Å². The Morgan fingerprint density at radius 2 is 1.94 bits per heavy atom. The van der Waals surface area contributed by atoms with Gasteiger partial charge < -0.3 is 0 Å². The van der Waals surface area contributed by atoms with E-state index < -0.39 is 0 Å². The van der Waals surface area contributed by atoms with E-state index in [2.05, 4.69) is 31.0 Å². The van der Waals surface area contributed by atoms with Gasteiger partial charge in [-0.15, -0.1) is 0 Å². The van der Waals surface area contributed by atoms with Crippen molar-refractivity contribution in [1.82, 2.24) is 0 Å². The highest BCUT2D eigenvalue weighted by Crippen LogP contribution is 2.33. The molecule has 1 heterocycles. The van der Waals surface area contributed by atoms with Crippen molar-refractivity contribution < 1.29 is 0 Å². The minimum atomic E-state index is 0.146. The molecule has 1 aromatic rings.